The van der Waals surface area contributed by atoms with Crippen LogP contribution in [-0.4, -0.2) is 56.3 Å². The highest BCUT2D eigenvalue weighted by atomic mass is 32.2. The van der Waals surface area contributed by atoms with Gasteiger partial charge in [0.25, 0.3) is 5.91 Å². The fourth-order valence-corrected chi connectivity index (χ4v) is 6.40. The van der Waals surface area contributed by atoms with Crippen molar-refractivity contribution in [3.05, 3.63) is 23.8 Å². The maximum absolute atomic E-state index is 13.3. The number of sulfonamides is 1. The third-order valence-electron chi connectivity index (χ3n) is 6.24. The fourth-order valence-electron chi connectivity index (χ4n) is 4.76. The Morgan fingerprint density at radius 2 is 1.82 bits per heavy atom. The average molecular weight is 409 g/mol. The van der Waals surface area contributed by atoms with Gasteiger partial charge in [0.1, 0.15) is 10.6 Å². The van der Waals surface area contributed by atoms with Crippen LogP contribution in [0.1, 0.15) is 62.7 Å². The van der Waals surface area contributed by atoms with Crippen LogP contribution in [0.5, 0.6) is 5.75 Å². The van der Waals surface area contributed by atoms with Gasteiger partial charge in [0.05, 0.1) is 7.11 Å². The molecule has 1 amide bonds. The van der Waals surface area contributed by atoms with E-state index in [1.54, 1.807) is 26.0 Å². The standard InChI is InChI=1S/C21H32N2O4S/c1-4-22(5-2)28(25,26)20-15-17(12-13-19(20)27-3)21(24)23-14-8-10-16-9-6-7-11-18(16)23/h12-13,15-16,18H,4-11,14H2,1-3H3. The number of likely N-dealkylation sites (tertiary alicyclic amines) is 1. The van der Waals surface area contributed by atoms with Crippen molar-refractivity contribution in [2.45, 2.75) is 63.3 Å². The van der Waals surface area contributed by atoms with Crippen molar-refractivity contribution in [1.82, 2.24) is 9.21 Å². The van der Waals surface area contributed by atoms with Gasteiger partial charge in [-0.25, -0.2) is 8.42 Å². The Hall–Kier alpha value is -1.60. The molecule has 0 N–H and O–H groups in total. The van der Waals surface area contributed by atoms with E-state index in [-0.39, 0.29) is 16.6 Å². The highest BCUT2D eigenvalue weighted by Gasteiger charge is 2.36. The third-order valence-corrected chi connectivity index (χ3v) is 8.31. The normalized spacial score (nSPS) is 22.8. The summed E-state index contributed by atoms with van der Waals surface area (Å²) in [5.74, 6) is 0.802. The van der Waals surface area contributed by atoms with Gasteiger partial charge in [-0.2, -0.15) is 4.31 Å². The maximum atomic E-state index is 13.3. The smallest absolute Gasteiger partial charge is 0.254 e. The molecule has 1 aliphatic carbocycles. The van der Waals surface area contributed by atoms with Crippen LogP contribution in [0.25, 0.3) is 0 Å². The van der Waals surface area contributed by atoms with E-state index in [0.29, 0.717) is 30.6 Å². The third kappa shape index (κ3) is 3.92. The Morgan fingerprint density at radius 1 is 1.14 bits per heavy atom. The molecule has 1 aliphatic heterocycles. The summed E-state index contributed by atoms with van der Waals surface area (Å²) < 4.78 is 32.8. The summed E-state index contributed by atoms with van der Waals surface area (Å²) in [5, 5.41) is 0. The van der Waals surface area contributed by atoms with Gasteiger partial charge in [0, 0.05) is 31.2 Å². The van der Waals surface area contributed by atoms with Crippen LogP contribution in [0.15, 0.2) is 23.1 Å². The number of fused-ring (bicyclic) bond motifs is 1. The zero-order valence-corrected chi connectivity index (χ0v) is 18.0. The van der Waals surface area contributed by atoms with Crippen LogP contribution in [0.2, 0.25) is 0 Å². The van der Waals surface area contributed by atoms with Gasteiger partial charge in [-0.3, -0.25) is 4.79 Å². The summed E-state index contributed by atoms with van der Waals surface area (Å²) in [6.07, 6.45) is 6.87. The van der Waals surface area contributed by atoms with Crippen molar-refractivity contribution in [2.24, 2.45) is 5.92 Å². The predicted octanol–water partition coefficient (Wildman–Crippen LogP) is 3.52. The molecule has 6 nitrogen and oxygen atoms in total. The van der Waals surface area contributed by atoms with E-state index in [1.807, 2.05) is 4.90 Å². The molecule has 7 heteroatoms. The zero-order chi connectivity index (χ0) is 20.3. The quantitative estimate of drug-likeness (QED) is 0.722. The van der Waals surface area contributed by atoms with Gasteiger partial charge in [0.2, 0.25) is 10.0 Å². The minimum Gasteiger partial charge on any atom is -0.495 e. The van der Waals surface area contributed by atoms with E-state index in [2.05, 4.69) is 0 Å². The monoisotopic (exact) mass is 408 g/mol. The molecule has 1 saturated heterocycles. The lowest BCUT2D eigenvalue weighted by Gasteiger charge is -2.44. The number of ether oxygens (including phenoxy) is 1. The number of methoxy groups -OCH3 is 1. The lowest BCUT2D eigenvalue weighted by atomic mass is 9.78. The summed E-state index contributed by atoms with van der Waals surface area (Å²) in [6.45, 7) is 5.11. The highest BCUT2D eigenvalue weighted by molar-refractivity contribution is 7.89. The molecule has 156 valence electrons. The van der Waals surface area contributed by atoms with Crippen LogP contribution in [-0.2, 0) is 10.0 Å². The van der Waals surface area contributed by atoms with Crippen molar-refractivity contribution < 1.29 is 17.9 Å². The Labute approximate surface area is 168 Å². The first kappa shape index (κ1) is 21.1. The molecule has 0 radical (unpaired) electrons. The molecular weight excluding hydrogens is 376 g/mol. The summed E-state index contributed by atoms with van der Waals surface area (Å²) in [7, 11) is -2.26. The molecule has 1 aromatic rings. The average Bonchev–Trinajstić information content (AvgIpc) is 2.73. The molecular formula is C21H32N2O4S. The Morgan fingerprint density at radius 3 is 2.50 bits per heavy atom. The van der Waals surface area contributed by atoms with Gasteiger partial charge < -0.3 is 9.64 Å². The number of nitrogens with zero attached hydrogens (tertiary/aromatic N) is 2. The highest BCUT2D eigenvalue weighted by Crippen LogP contribution is 2.36. The predicted molar refractivity (Wildman–Crippen MR) is 109 cm³/mol. The molecule has 3 rings (SSSR count). The maximum Gasteiger partial charge on any atom is 0.254 e. The number of hydrogen-bond donors (Lipinski definition) is 0. The molecule has 2 unspecified atom stereocenters. The van der Waals surface area contributed by atoms with Gasteiger partial charge in [-0.1, -0.05) is 26.7 Å². The number of hydrogen-bond acceptors (Lipinski definition) is 4. The number of carbonyl (C=O) groups is 1. The van der Waals surface area contributed by atoms with Crippen molar-refractivity contribution in [3.63, 3.8) is 0 Å². The molecule has 2 aliphatic rings. The minimum absolute atomic E-state index is 0.0600. The molecule has 2 fully saturated rings. The lowest BCUT2D eigenvalue weighted by Crippen LogP contribution is -2.49. The van der Waals surface area contributed by atoms with E-state index >= 15 is 0 Å². The van der Waals surface area contributed by atoms with E-state index in [1.165, 1.54) is 36.7 Å². The fraction of sp³-hybridized carbons (Fsp3) is 0.667. The van der Waals surface area contributed by atoms with Crippen molar-refractivity contribution in [2.75, 3.05) is 26.7 Å². The molecule has 1 saturated carbocycles. The number of piperidine rings is 1. The number of carbonyl (C=O) groups excluding carboxylic acids is 1. The van der Waals surface area contributed by atoms with Crippen LogP contribution in [0, 0.1) is 5.92 Å². The number of rotatable bonds is 6. The van der Waals surface area contributed by atoms with E-state index in [9.17, 15) is 13.2 Å². The Balaban J connectivity index is 1.95. The minimum atomic E-state index is -3.72. The van der Waals surface area contributed by atoms with E-state index in [4.69, 9.17) is 4.74 Å². The summed E-state index contributed by atoms with van der Waals surface area (Å²) >= 11 is 0. The first-order chi connectivity index (χ1) is 13.4. The van der Waals surface area contributed by atoms with Gasteiger partial charge in [0.15, 0.2) is 0 Å². The molecule has 0 spiro atoms. The van der Waals surface area contributed by atoms with Crippen LogP contribution in [0.3, 0.4) is 0 Å². The zero-order valence-electron chi connectivity index (χ0n) is 17.2. The van der Waals surface area contributed by atoms with E-state index < -0.39 is 10.0 Å². The summed E-state index contributed by atoms with van der Waals surface area (Å²) in [6, 6.07) is 5.09. The van der Waals surface area contributed by atoms with Crippen LogP contribution >= 0.6 is 0 Å². The van der Waals surface area contributed by atoms with Gasteiger partial charge >= 0.3 is 0 Å². The molecule has 1 aromatic carbocycles. The largest absolute Gasteiger partial charge is 0.495 e. The van der Waals surface area contributed by atoms with Crippen LogP contribution < -0.4 is 4.74 Å². The summed E-state index contributed by atoms with van der Waals surface area (Å²) in [5.41, 5.74) is 0.428. The second-order valence-corrected chi connectivity index (χ2v) is 9.61. The van der Waals surface area contributed by atoms with Gasteiger partial charge in [-0.15, -0.1) is 0 Å². The second-order valence-electron chi connectivity index (χ2n) is 7.71. The van der Waals surface area contributed by atoms with E-state index in [0.717, 1.165) is 25.8 Å². The first-order valence-electron chi connectivity index (χ1n) is 10.4. The van der Waals surface area contributed by atoms with Crippen molar-refractivity contribution >= 4 is 15.9 Å². The second kappa shape index (κ2) is 8.82. The number of benzene rings is 1. The van der Waals surface area contributed by atoms with Crippen molar-refractivity contribution in [3.8, 4) is 5.75 Å². The lowest BCUT2D eigenvalue weighted by molar-refractivity contribution is 0.0390. The Bertz CT molecular complexity index is 803. The SMILES string of the molecule is CCN(CC)S(=O)(=O)c1cc(C(=O)N2CCCC3CCCCC32)ccc1OC. The molecule has 0 bridgehead atoms. The molecule has 28 heavy (non-hydrogen) atoms. The van der Waals surface area contributed by atoms with Gasteiger partial charge in [-0.05, 0) is 49.8 Å². The topological polar surface area (TPSA) is 66.9 Å². The molecule has 0 aromatic heterocycles. The number of amides is 1. The molecule has 1 heterocycles. The van der Waals surface area contributed by atoms with Crippen LogP contribution in [0.4, 0.5) is 0 Å². The Kier molecular flexibility index (Phi) is 6.65. The first-order valence-corrected chi connectivity index (χ1v) is 11.9. The van der Waals surface area contributed by atoms with Crippen molar-refractivity contribution in [1.29, 1.82) is 0 Å². The molecule has 2 atom stereocenters. The summed E-state index contributed by atoms with van der Waals surface area (Å²) in [4.78, 5) is 15.4.